The van der Waals surface area contributed by atoms with Gasteiger partial charge in [0, 0.05) is 12.0 Å². The Labute approximate surface area is 143 Å². The molecule has 0 fully saturated rings. The van der Waals surface area contributed by atoms with E-state index >= 15 is 0 Å². The molecule has 3 aromatic carbocycles. The summed E-state index contributed by atoms with van der Waals surface area (Å²) in [4.78, 5) is 0. The summed E-state index contributed by atoms with van der Waals surface area (Å²) in [6.07, 6.45) is 1.98. The second-order valence-electron chi connectivity index (χ2n) is 6.56. The van der Waals surface area contributed by atoms with E-state index in [9.17, 15) is 0 Å². The normalized spacial score (nSPS) is 15.8. The summed E-state index contributed by atoms with van der Waals surface area (Å²) in [6, 6.07) is 24.0. The Kier molecular flexibility index (Phi) is 3.86. The van der Waals surface area contributed by atoms with Gasteiger partial charge >= 0.3 is 0 Å². The smallest absolute Gasteiger partial charge is 0.128 e. The summed E-state index contributed by atoms with van der Waals surface area (Å²) in [5, 5.41) is 0. The number of benzene rings is 3. The standard InChI is InChI=1S/C23H22O/c1-3-17-10-13-21-20-7-5-4-6-19(20)15-22(24-23(21)14-17)18-11-8-16(2)9-12-18/h4-14,22H,3,15H2,1-2H3. The molecule has 0 saturated carbocycles. The first-order valence-corrected chi connectivity index (χ1v) is 8.69. The topological polar surface area (TPSA) is 9.23 Å². The number of rotatable bonds is 2. The zero-order chi connectivity index (χ0) is 16.5. The number of ether oxygens (including phenoxy) is 1. The van der Waals surface area contributed by atoms with Gasteiger partial charge in [-0.1, -0.05) is 73.2 Å². The largest absolute Gasteiger partial charge is 0.485 e. The van der Waals surface area contributed by atoms with Crippen LogP contribution in [0.1, 0.15) is 35.3 Å². The monoisotopic (exact) mass is 314 g/mol. The first-order chi connectivity index (χ1) is 11.7. The zero-order valence-corrected chi connectivity index (χ0v) is 14.3. The van der Waals surface area contributed by atoms with Gasteiger partial charge in [0.15, 0.2) is 0 Å². The quantitative estimate of drug-likeness (QED) is 0.572. The van der Waals surface area contributed by atoms with E-state index in [0.29, 0.717) is 0 Å². The van der Waals surface area contributed by atoms with Crippen molar-refractivity contribution < 1.29 is 4.74 Å². The Morgan fingerprint density at radius 1 is 0.917 bits per heavy atom. The van der Waals surface area contributed by atoms with Crippen LogP contribution in [0, 0.1) is 6.92 Å². The zero-order valence-electron chi connectivity index (χ0n) is 14.3. The van der Waals surface area contributed by atoms with Crippen molar-refractivity contribution in [1.29, 1.82) is 0 Å². The van der Waals surface area contributed by atoms with Gasteiger partial charge in [-0.05, 0) is 41.7 Å². The van der Waals surface area contributed by atoms with E-state index in [2.05, 4.69) is 80.6 Å². The van der Waals surface area contributed by atoms with E-state index in [-0.39, 0.29) is 6.10 Å². The molecule has 1 unspecified atom stereocenters. The highest BCUT2D eigenvalue weighted by Gasteiger charge is 2.23. The number of fused-ring (bicyclic) bond motifs is 3. The molecule has 1 nitrogen and oxygen atoms in total. The molecule has 3 aromatic rings. The summed E-state index contributed by atoms with van der Waals surface area (Å²) < 4.78 is 6.51. The van der Waals surface area contributed by atoms with E-state index in [1.165, 1.54) is 33.4 Å². The third kappa shape index (κ3) is 2.71. The van der Waals surface area contributed by atoms with Crippen molar-refractivity contribution in [3.05, 3.63) is 89.0 Å². The van der Waals surface area contributed by atoms with E-state index < -0.39 is 0 Å². The van der Waals surface area contributed by atoms with Gasteiger partial charge in [-0.2, -0.15) is 0 Å². The molecule has 0 aromatic heterocycles. The van der Waals surface area contributed by atoms with E-state index in [0.717, 1.165) is 18.6 Å². The van der Waals surface area contributed by atoms with Crippen molar-refractivity contribution in [2.24, 2.45) is 0 Å². The predicted octanol–water partition coefficient (Wildman–Crippen LogP) is 5.90. The molecule has 0 N–H and O–H groups in total. The highest BCUT2D eigenvalue weighted by molar-refractivity contribution is 5.74. The Bertz CT molecular complexity index is 861. The van der Waals surface area contributed by atoms with Crippen molar-refractivity contribution in [3.63, 3.8) is 0 Å². The van der Waals surface area contributed by atoms with Crippen LogP contribution < -0.4 is 4.74 Å². The van der Waals surface area contributed by atoms with Crippen molar-refractivity contribution in [3.8, 4) is 16.9 Å². The molecule has 120 valence electrons. The number of aryl methyl sites for hydroxylation is 2. The molecule has 1 atom stereocenters. The minimum atomic E-state index is 0.0557. The molecule has 0 bridgehead atoms. The minimum Gasteiger partial charge on any atom is -0.485 e. The lowest BCUT2D eigenvalue weighted by molar-refractivity contribution is 0.209. The Morgan fingerprint density at radius 2 is 1.71 bits per heavy atom. The molecule has 1 heterocycles. The molecular formula is C23H22O. The molecule has 0 amide bonds. The van der Waals surface area contributed by atoms with Gasteiger partial charge in [0.05, 0.1) is 0 Å². The molecule has 1 aliphatic rings. The average Bonchev–Trinajstić information content (AvgIpc) is 2.78. The summed E-state index contributed by atoms with van der Waals surface area (Å²) in [5.74, 6) is 1.00. The molecule has 4 rings (SSSR count). The average molecular weight is 314 g/mol. The van der Waals surface area contributed by atoms with Gasteiger partial charge in [-0.3, -0.25) is 0 Å². The van der Waals surface area contributed by atoms with Crippen LogP contribution >= 0.6 is 0 Å². The first-order valence-electron chi connectivity index (χ1n) is 8.69. The maximum Gasteiger partial charge on any atom is 0.128 e. The Balaban J connectivity index is 1.85. The Hall–Kier alpha value is -2.54. The highest BCUT2D eigenvalue weighted by atomic mass is 16.5. The summed E-state index contributed by atoms with van der Waals surface area (Å²) in [6.45, 7) is 4.31. The van der Waals surface area contributed by atoms with Crippen LogP contribution in [0.2, 0.25) is 0 Å². The molecule has 1 heteroatoms. The maximum absolute atomic E-state index is 6.51. The van der Waals surface area contributed by atoms with E-state index in [4.69, 9.17) is 4.74 Å². The lowest BCUT2D eigenvalue weighted by atomic mass is 9.94. The maximum atomic E-state index is 6.51. The molecule has 0 aliphatic carbocycles. The molecule has 0 radical (unpaired) electrons. The molecule has 1 aliphatic heterocycles. The summed E-state index contributed by atoms with van der Waals surface area (Å²) >= 11 is 0. The molecule has 0 spiro atoms. The third-order valence-electron chi connectivity index (χ3n) is 4.89. The first kappa shape index (κ1) is 15.0. The molecular weight excluding hydrogens is 292 g/mol. The minimum absolute atomic E-state index is 0.0557. The fraction of sp³-hybridized carbons (Fsp3) is 0.217. The van der Waals surface area contributed by atoms with Gasteiger partial charge in [0.2, 0.25) is 0 Å². The van der Waals surface area contributed by atoms with Crippen molar-refractivity contribution in [2.75, 3.05) is 0 Å². The van der Waals surface area contributed by atoms with Crippen molar-refractivity contribution in [2.45, 2.75) is 32.8 Å². The lowest BCUT2D eigenvalue weighted by Gasteiger charge is -2.19. The SMILES string of the molecule is CCc1ccc2c(c1)OC(c1ccc(C)cc1)Cc1ccccc1-2. The van der Waals surface area contributed by atoms with Crippen molar-refractivity contribution >= 4 is 0 Å². The molecule has 24 heavy (non-hydrogen) atoms. The number of hydrogen-bond donors (Lipinski definition) is 0. The van der Waals surface area contributed by atoms with E-state index in [1.807, 2.05) is 0 Å². The van der Waals surface area contributed by atoms with Crippen LogP contribution in [0.25, 0.3) is 11.1 Å². The van der Waals surface area contributed by atoms with Gasteiger partial charge in [-0.15, -0.1) is 0 Å². The highest BCUT2D eigenvalue weighted by Crippen LogP contribution is 2.41. The van der Waals surface area contributed by atoms with Crippen molar-refractivity contribution in [1.82, 2.24) is 0 Å². The predicted molar refractivity (Wildman–Crippen MR) is 99.5 cm³/mol. The van der Waals surface area contributed by atoms with Gasteiger partial charge < -0.3 is 4.74 Å². The third-order valence-corrected chi connectivity index (χ3v) is 4.89. The fourth-order valence-corrected chi connectivity index (χ4v) is 3.43. The number of hydrogen-bond acceptors (Lipinski definition) is 1. The second kappa shape index (κ2) is 6.16. The second-order valence-corrected chi connectivity index (χ2v) is 6.56. The lowest BCUT2D eigenvalue weighted by Crippen LogP contribution is -2.09. The van der Waals surface area contributed by atoms with Crippen LogP contribution in [0.4, 0.5) is 0 Å². The fourth-order valence-electron chi connectivity index (χ4n) is 3.43. The molecule has 0 saturated heterocycles. The van der Waals surface area contributed by atoms with E-state index in [1.54, 1.807) is 0 Å². The van der Waals surface area contributed by atoms with Gasteiger partial charge in [0.1, 0.15) is 11.9 Å². The van der Waals surface area contributed by atoms with Gasteiger partial charge in [-0.25, -0.2) is 0 Å². The van der Waals surface area contributed by atoms with Crippen LogP contribution in [-0.2, 0) is 12.8 Å². The Morgan fingerprint density at radius 3 is 2.50 bits per heavy atom. The van der Waals surface area contributed by atoms with Crippen LogP contribution in [-0.4, -0.2) is 0 Å². The van der Waals surface area contributed by atoms with Crippen LogP contribution in [0.5, 0.6) is 5.75 Å². The van der Waals surface area contributed by atoms with Crippen LogP contribution in [0.3, 0.4) is 0 Å². The summed E-state index contributed by atoms with van der Waals surface area (Å²) in [5.41, 5.74) is 7.69. The van der Waals surface area contributed by atoms with Crippen LogP contribution in [0.15, 0.2) is 66.7 Å². The summed E-state index contributed by atoms with van der Waals surface area (Å²) in [7, 11) is 0. The van der Waals surface area contributed by atoms with Gasteiger partial charge in [0.25, 0.3) is 0 Å².